The molecule has 0 radical (unpaired) electrons. The monoisotopic (exact) mass is 478 g/mol. The zero-order chi connectivity index (χ0) is 22.9. The Morgan fingerprint density at radius 2 is 1.88 bits per heavy atom. The molecule has 0 aliphatic carbocycles. The van der Waals surface area contributed by atoms with Gasteiger partial charge in [-0.1, -0.05) is 60.9 Å². The Balaban J connectivity index is 1.66. The quantitative estimate of drug-likeness (QED) is 0.270. The molecule has 11 heteroatoms. The van der Waals surface area contributed by atoms with Gasteiger partial charge in [0.25, 0.3) is 11.9 Å². The molecule has 2 aromatic carbocycles. The zero-order valence-electron chi connectivity index (χ0n) is 17.5. The highest BCUT2D eigenvalue weighted by molar-refractivity contribution is 6.37. The number of rotatable bonds is 11. The van der Waals surface area contributed by atoms with Crippen LogP contribution >= 0.6 is 23.2 Å². The summed E-state index contributed by atoms with van der Waals surface area (Å²) in [5.41, 5.74) is 0.650. The molecule has 0 aliphatic rings. The van der Waals surface area contributed by atoms with Crippen LogP contribution in [0.4, 0.5) is 11.6 Å². The maximum atomic E-state index is 12.5. The summed E-state index contributed by atoms with van der Waals surface area (Å²) in [6.07, 6.45) is 5.44. The van der Waals surface area contributed by atoms with Crippen LogP contribution in [-0.2, 0) is 0 Å². The molecular weight excluding hydrogens is 455 g/mol. The van der Waals surface area contributed by atoms with Gasteiger partial charge < -0.3 is 20.5 Å². The number of tetrazole rings is 1. The second kappa shape index (κ2) is 11.5. The minimum atomic E-state index is -0.375. The van der Waals surface area contributed by atoms with Crippen LogP contribution < -0.4 is 15.4 Å². The number of nitrogens with one attached hydrogen (secondary N) is 3. The lowest BCUT2D eigenvalue weighted by Gasteiger charge is -2.13. The maximum absolute atomic E-state index is 12.5. The van der Waals surface area contributed by atoms with Crippen molar-refractivity contribution in [1.29, 1.82) is 0 Å². The summed E-state index contributed by atoms with van der Waals surface area (Å²) in [6.45, 7) is 2.70. The van der Waals surface area contributed by atoms with Crippen LogP contribution in [0.15, 0.2) is 30.3 Å². The van der Waals surface area contributed by atoms with Crippen LogP contribution in [0.25, 0.3) is 0 Å². The normalized spacial score (nSPS) is 10.7. The largest absolute Gasteiger partial charge is 0.507 e. The fourth-order valence-electron chi connectivity index (χ4n) is 2.98. The molecule has 0 saturated heterocycles. The Morgan fingerprint density at radius 3 is 2.56 bits per heavy atom. The van der Waals surface area contributed by atoms with E-state index in [1.165, 1.54) is 31.0 Å². The molecule has 0 aliphatic heterocycles. The lowest BCUT2D eigenvalue weighted by Crippen LogP contribution is -2.24. The standard InChI is InChI=1S/C21H24Cl2N6O3/c1-2-3-4-5-6-9-24-20(31)15-12-14(7-8-18(15)30)32-19-16(22)10-13(11-17(19)23)25-21-26-28-29-27-21/h7-8,10-12,30H,2-6,9H2,1H3,(H,24,31)(H2,25,26,27,28,29). The van der Waals surface area contributed by atoms with E-state index in [0.29, 0.717) is 18.0 Å². The summed E-state index contributed by atoms with van der Waals surface area (Å²) in [5, 5.41) is 29.7. The van der Waals surface area contributed by atoms with Crippen molar-refractivity contribution in [3.8, 4) is 17.2 Å². The number of nitrogens with zero attached hydrogens (tertiary/aromatic N) is 3. The molecule has 1 amide bonds. The van der Waals surface area contributed by atoms with Crippen molar-refractivity contribution >= 4 is 40.7 Å². The molecule has 0 atom stereocenters. The number of anilines is 2. The molecule has 0 unspecified atom stereocenters. The van der Waals surface area contributed by atoms with Crippen molar-refractivity contribution in [3.63, 3.8) is 0 Å². The van der Waals surface area contributed by atoms with Crippen molar-refractivity contribution < 1.29 is 14.6 Å². The van der Waals surface area contributed by atoms with Gasteiger partial charge in [-0.2, -0.15) is 5.21 Å². The van der Waals surface area contributed by atoms with Gasteiger partial charge in [0, 0.05) is 12.2 Å². The number of unbranched alkanes of at least 4 members (excludes halogenated alkanes) is 4. The minimum Gasteiger partial charge on any atom is -0.507 e. The van der Waals surface area contributed by atoms with E-state index < -0.39 is 0 Å². The van der Waals surface area contributed by atoms with Gasteiger partial charge in [-0.25, -0.2) is 0 Å². The van der Waals surface area contributed by atoms with Crippen LogP contribution in [0.5, 0.6) is 17.2 Å². The van der Waals surface area contributed by atoms with Crippen molar-refractivity contribution in [2.24, 2.45) is 0 Å². The predicted molar refractivity (Wildman–Crippen MR) is 123 cm³/mol. The number of hydrogen-bond acceptors (Lipinski definition) is 7. The van der Waals surface area contributed by atoms with Gasteiger partial charge in [-0.15, -0.1) is 5.10 Å². The molecule has 0 saturated carbocycles. The third kappa shape index (κ3) is 6.48. The smallest absolute Gasteiger partial charge is 0.267 e. The number of amides is 1. The van der Waals surface area contributed by atoms with E-state index in [2.05, 4.69) is 38.2 Å². The van der Waals surface area contributed by atoms with Gasteiger partial charge in [-0.3, -0.25) is 4.79 Å². The van der Waals surface area contributed by atoms with Crippen LogP contribution in [0.3, 0.4) is 0 Å². The fourth-order valence-corrected chi connectivity index (χ4v) is 3.54. The van der Waals surface area contributed by atoms with Gasteiger partial charge in [0.05, 0.1) is 15.6 Å². The minimum absolute atomic E-state index is 0.110. The van der Waals surface area contributed by atoms with Crippen molar-refractivity contribution in [3.05, 3.63) is 45.9 Å². The van der Waals surface area contributed by atoms with Crippen LogP contribution in [0.2, 0.25) is 10.0 Å². The molecule has 9 nitrogen and oxygen atoms in total. The number of phenolic OH excluding ortho intramolecular Hbond substituents is 1. The second-order valence-corrected chi connectivity index (χ2v) is 7.89. The molecule has 170 valence electrons. The number of H-pyrrole nitrogens is 1. The van der Waals surface area contributed by atoms with Gasteiger partial charge in [0.1, 0.15) is 11.5 Å². The first kappa shape index (κ1) is 23.6. The van der Waals surface area contributed by atoms with Crippen molar-refractivity contribution in [2.45, 2.75) is 39.0 Å². The number of halogens is 2. The summed E-state index contributed by atoms with van der Waals surface area (Å²) in [7, 11) is 0. The Morgan fingerprint density at radius 1 is 1.12 bits per heavy atom. The molecular formula is C21H24Cl2N6O3. The molecule has 1 aromatic heterocycles. The van der Waals surface area contributed by atoms with E-state index in [0.717, 1.165) is 19.3 Å². The SMILES string of the molecule is CCCCCCCNC(=O)c1cc(Oc2c(Cl)cc(Nc3nn[nH]n3)cc2Cl)ccc1O. The van der Waals surface area contributed by atoms with Crippen LogP contribution in [0.1, 0.15) is 49.4 Å². The first-order valence-corrected chi connectivity index (χ1v) is 11.0. The number of phenols is 1. The number of ether oxygens (including phenoxy) is 1. The highest BCUT2D eigenvalue weighted by Crippen LogP contribution is 2.40. The van der Waals surface area contributed by atoms with Gasteiger partial charge >= 0.3 is 0 Å². The van der Waals surface area contributed by atoms with Gasteiger partial charge in [-0.05, 0) is 42.0 Å². The lowest BCUT2D eigenvalue weighted by molar-refractivity contribution is 0.0950. The average Bonchev–Trinajstić information content (AvgIpc) is 3.27. The maximum Gasteiger partial charge on any atom is 0.267 e. The molecule has 0 fully saturated rings. The number of carbonyl (C=O) groups excluding carboxylic acids is 1. The number of hydrogen-bond donors (Lipinski definition) is 4. The van der Waals surface area contributed by atoms with Crippen LogP contribution in [0, 0.1) is 0 Å². The highest BCUT2D eigenvalue weighted by Gasteiger charge is 2.16. The summed E-state index contributed by atoms with van der Waals surface area (Å²) < 4.78 is 5.81. The Bertz CT molecular complexity index is 1020. The van der Waals surface area contributed by atoms with E-state index >= 15 is 0 Å². The highest BCUT2D eigenvalue weighted by atomic mass is 35.5. The van der Waals surface area contributed by atoms with E-state index in [1.807, 2.05) is 0 Å². The molecule has 32 heavy (non-hydrogen) atoms. The Hall–Kier alpha value is -3.04. The summed E-state index contributed by atoms with van der Waals surface area (Å²) >= 11 is 12.7. The molecule has 0 bridgehead atoms. The first-order chi connectivity index (χ1) is 15.5. The first-order valence-electron chi connectivity index (χ1n) is 10.3. The average molecular weight is 479 g/mol. The third-order valence-electron chi connectivity index (χ3n) is 4.60. The molecule has 0 spiro atoms. The van der Waals surface area contributed by atoms with E-state index in [9.17, 15) is 9.90 Å². The molecule has 3 aromatic rings. The van der Waals surface area contributed by atoms with E-state index in [4.69, 9.17) is 27.9 Å². The molecule has 1 heterocycles. The number of aromatic amines is 1. The molecule has 3 rings (SSSR count). The second-order valence-electron chi connectivity index (χ2n) is 7.08. The zero-order valence-corrected chi connectivity index (χ0v) is 19.0. The fraction of sp³-hybridized carbons (Fsp3) is 0.333. The summed E-state index contributed by atoms with van der Waals surface area (Å²) in [6, 6.07) is 7.53. The van der Waals surface area contributed by atoms with Crippen LogP contribution in [-0.4, -0.2) is 38.2 Å². The number of aromatic hydroxyl groups is 1. The van der Waals surface area contributed by atoms with E-state index in [1.54, 1.807) is 12.1 Å². The topological polar surface area (TPSA) is 125 Å². The Labute approximate surface area is 195 Å². The predicted octanol–water partition coefficient (Wildman–Crippen LogP) is 5.45. The number of benzene rings is 2. The molecule has 4 N–H and O–H groups in total. The van der Waals surface area contributed by atoms with Gasteiger partial charge in [0.2, 0.25) is 0 Å². The van der Waals surface area contributed by atoms with Gasteiger partial charge in [0.15, 0.2) is 5.75 Å². The lowest BCUT2D eigenvalue weighted by atomic mass is 10.1. The third-order valence-corrected chi connectivity index (χ3v) is 5.16. The summed E-state index contributed by atoms with van der Waals surface area (Å²) in [5.74, 6) is 0.252. The van der Waals surface area contributed by atoms with E-state index in [-0.39, 0.29) is 39.0 Å². The van der Waals surface area contributed by atoms with Crippen molar-refractivity contribution in [1.82, 2.24) is 25.9 Å². The number of aromatic nitrogens is 4. The summed E-state index contributed by atoms with van der Waals surface area (Å²) in [4.78, 5) is 12.5. The number of carbonyl (C=O) groups is 1. The van der Waals surface area contributed by atoms with Crippen molar-refractivity contribution in [2.75, 3.05) is 11.9 Å². The Kier molecular flexibility index (Phi) is 8.52.